The van der Waals surface area contributed by atoms with Crippen LogP contribution < -0.4 is 10.3 Å². The standard InChI is InChI=1S/C14H13ClN2O4/c1-20-10-5-3-9(4-6-10)8-17-13(18)11(14(19)21-2)7-12(15)16-17/h3-7H,8H2,1-2H3. The fourth-order valence-corrected chi connectivity index (χ4v) is 1.98. The Morgan fingerprint density at radius 2 is 1.95 bits per heavy atom. The van der Waals surface area contributed by atoms with E-state index in [2.05, 4.69) is 9.84 Å². The first-order valence-electron chi connectivity index (χ1n) is 6.04. The van der Waals surface area contributed by atoms with Crippen LogP contribution in [0.1, 0.15) is 15.9 Å². The quantitative estimate of drug-likeness (QED) is 0.805. The molecule has 1 aromatic carbocycles. The molecule has 0 fully saturated rings. The molecule has 0 unspecified atom stereocenters. The van der Waals surface area contributed by atoms with E-state index >= 15 is 0 Å². The highest BCUT2D eigenvalue weighted by molar-refractivity contribution is 6.29. The largest absolute Gasteiger partial charge is 0.497 e. The molecule has 7 heteroatoms. The van der Waals surface area contributed by atoms with Crippen molar-refractivity contribution in [3.63, 3.8) is 0 Å². The number of esters is 1. The number of hydrogen-bond acceptors (Lipinski definition) is 5. The number of methoxy groups -OCH3 is 2. The summed E-state index contributed by atoms with van der Waals surface area (Å²) in [5, 5.41) is 3.96. The minimum atomic E-state index is -0.743. The molecule has 1 heterocycles. The number of hydrogen-bond donors (Lipinski definition) is 0. The van der Waals surface area contributed by atoms with E-state index in [1.807, 2.05) is 0 Å². The fourth-order valence-electron chi connectivity index (χ4n) is 1.78. The maximum atomic E-state index is 12.2. The Morgan fingerprint density at radius 3 is 2.52 bits per heavy atom. The second kappa shape index (κ2) is 6.41. The Hall–Kier alpha value is -2.34. The van der Waals surface area contributed by atoms with E-state index < -0.39 is 11.5 Å². The molecule has 0 atom stereocenters. The van der Waals surface area contributed by atoms with Gasteiger partial charge in [0.25, 0.3) is 5.56 Å². The van der Waals surface area contributed by atoms with E-state index in [-0.39, 0.29) is 17.3 Å². The van der Waals surface area contributed by atoms with Crippen molar-refractivity contribution in [2.45, 2.75) is 6.54 Å². The maximum absolute atomic E-state index is 12.2. The molecule has 0 saturated carbocycles. The highest BCUT2D eigenvalue weighted by Gasteiger charge is 2.15. The molecule has 0 aliphatic rings. The van der Waals surface area contributed by atoms with Crippen molar-refractivity contribution >= 4 is 17.6 Å². The van der Waals surface area contributed by atoms with Gasteiger partial charge in [-0.2, -0.15) is 5.10 Å². The molecular formula is C14H13ClN2O4. The van der Waals surface area contributed by atoms with Crippen LogP contribution >= 0.6 is 11.6 Å². The van der Waals surface area contributed by atoms with E-state index in [4.69, 9.17) is 16.3 Å². The van der Waals surface area contributed by atoms with Crippen LogP contribution in [0.15, 0.2) is 35.1 Å². The SMILES string of the molecule is COC(=O)c1cc(Cl)nn(Cc2ccc(OC)cc2)c1=O. The van der Waals surface area contributed by atoms with Gasteiger partial charge in [-0.25, -0.2) is 9.48 Å². The van der Waals surface area contributed by atoms with Crippen molar-refractivity contribution in [3.05, 3.63) is 57.0 Å². The molecule has 2 rings (SSSR count). The molecule has 0 aliphatic carbocycles. The van der Waals surface area contributed by atoms with Crippen LogP contribution in [-0.4, -0.2) is 30.0 Å². The smallest absolute Gasteiger partial charge is 0.343 e. The lowest BCUT2D eigenvalue weighted by Gasteiger charge is -2.08. The molecule has 2 aromatic rings. The van der Waals surface area contributed by atoms with Gasteiger partial charge in [-0.15, -0.1) is 0 Å². The normalized spacial score (nSPS) is 10.2. The average molecular weight is 309 g/mol. The van der Waals surface area contributed by atoms with Gasteiger partial charge in [0.1, 0.15) is 11.3 Å². The summed E-state index contributed by atoms with van der Waals surface area (Å²) < 4.78 is 10.7. The van der Waals surface area contributed by atoms with Crippen LogP contribution in [0.5, 0.6) is 5.75 Å². The summed E-state index contributed by atoms with van der Waals surface area (Å²) in [6.07, 6.45) is 0. The molecule has 0 aliphatic heterocycles. The van der Waals surface area contributed by atoms with Crippen LogP contribution in [0.2, 0.25) is 5.15 Å². The molecule has 21 heavy (non-hydrogen) atoms. The van der Waals surface area contributed by atoms with Gasteiger partial charge in [-0.05, 0) is 23.8 Å². The van der Waals surface area contributed by atoms with E-state index in [9.17, 15) is 9.59 Å². The first kappa shape index (κ1) is 15.1. The van der Waals surface area contributed by atoms with Crippen molar-refractivity contribution in [3.8, 4) is 5.75 Å². The summed E-state index contributed by atoms with van der Waals surface area (Å²) in [6, 6.07) is 8.33. The number of carbonyl (C=O) groups excluding carboxylic acids is 1. The van der Waals surface area contributed by atoms with Crippen molar-refractivity contribution in [1.82, 2.24) is 9.78 Å². The summed E-state index contributed by atoms with van der Waals surface area (Å²) in [7, 11) is 2.77. The van der Waals surface area contributed by atoms with E-state index in [0.29, 0.717) is 5.75 Å². The molecule has 0 spiro atoms. The molecule has 110 valence electrons. The summed E-state index contributed by atoms with van der Waals surface area (Å²) in [4.78, 5) is 23.7. The van der Waals surface area contributed by atoms with Gasteiger partial charge in [0.05, 0.1) is 20.8 Å². The molecule has 0 N–H and O–H groups in total. The van der Waals surface area contributed by atoms with Crippen LogP contribution in [0.25, 0.3) is 0 Å². The van der Waals surface area contributed by atoms with Crippen LogP contribution in [0, 0.1) is 0 Å². The Balaban J connectivity index is 2.37. The molecule has 0 bridgehead atoms. The lowest BCUT2D eigenvalue weighted by Crippen LogP contribution is -2.29. The zero-order chi connectivity index (χ0) is 15.4. The number of rotatable bonds is 4. The second-order valence-corrected chi connectivity index (χ2v) is 4.57. The van der Waals surface area contributed by atoms with Gasteiger partial charge in [0, 0.05) is 0 Å². The predicted molar refractivity (Wildman–Crippen MR) is 76.9 cm³/mol. The number of benzene rings is 1. The Bertz CT molecular complexity index is 710. The molecule has 0 radical (unpaired) electrons. The van der Waals surface area contributed by atoms with Crippen molar-refractivity contribution in [2.24, 2.45) is 0 Å². The third kappa shape index (κ3) is 3.41. The second-order valence-electron chi connectivity index (χ2n) is 4.18. The van der Waals surface area contributed by atoms with E-state index in [1.54, 1.807) is 31.4 Å². The Kier molecular flexibility index (Phi) is 4.59. The van der Waals surface area contributed by atoms with Gasteiger partial charge >= 0.3 is 5.97 Å². The number of carbonyl (C=O) groups is 1. The Labute approximate surface area is 125 Å². The number of aromatic nitrogens is 2. The van der Waals surface area contributed by atoms with E-state index in [0.717, 1.165) is 10.2 Å². The molecule has 0 saturated heterocycles. The van der Waals surface area contributed by atoms with Gasteiger partial charge in [0.2, 0.25) is 0 Å². The van der Waals surface area contributed by atoms with Gasteiger partial charge in [-0.1, -0.05) is 23.7 Å². The number of halogens is 1. The molecule has 6 nitrogen and oxygen atoms in total. The summed E-state index contributed by atoms with van der Waals surface area (Å²) in [5.74, 6) is -0.0341. The van der Waals surface area contributed by atoms with E-state index in [1.165, 1.54) is 13.2 Å². The molecular weight excluding hydrogens is 296 g/mol. The van der Waals surface area contributed by atoms with Crippen LogP contribution in [-0.2, 0) is 11.3 Å². The lowest BCUT2D eigenvalue weighted by molar-refractivity contribution is 0.0597. The average Bonchev–Trinajstić information content (AvgIpc) is 2.50. The zero-order valence-electron chi connectivity index (χ0n) is 11.5. The predicted octanol–water partition coefficient (Wildman–Crippen LogP) is 1.74. The highest BCUT2D eigenvalue weighted by atomic mass is 35.5. The van der Waals surface area contributed by atoms with Crippen LogP contribution in [0.4, 0.5) is 0 Å². The third-order valence-electron chi connectivity index (χ3n) is 2.84. The highest BCUT2D eigenvalue weighted by Crippen LogP contribution is 2.12. The zero-order valence-corrected chi connectivity index (χ0v) is 12.3. The van der Waals surface area contributed by atoms with Gasteiger partial charge < -0.3 is 9.47 Å². The number of ether oxygens (including phenoxy) is 2. The maximum Gasteiger partial charge on any atom is 0.343 e. The molecule has 1 aromatic heterocycles. The monoisotopic (exact) mass is 308 g/mol. The van der Waals surface area contributed by atoms with Crippen LogP contribution in [0.3, 0.4) is 0 Å². The van der Waals surface area contributed by atoms with Crippen molar-refractivity contribution in [1.29, 1.82) is 0 Å². The summed E-state index contributed by atoms with van der Waals surface area (Å²) >= 11 is 5.84. The lowest BCUT2D eigenvalue weighted by atomic mass is 10.2. The Morgan fingerprint density at radius 1 is 1.29 bits per heavy atom. The third-order valence-corrected chi connectivity index (χ3v) is 3.03. The van der Waals surface area contributed by atoms with Crippen molar-refractivity contribution < 1.29 is 14.3 Å². The first-order valence-corrected chi connectivity index (χ1v) is 6.42. The van der Waals surface area contributed by atoms with Crippen molar-refractivity contribution in [2.75, 3.05) is 14.2 Å². The minimum Gasteiger partial charge on any atom is -0.497 e. The fraction of sp³-hybridized carbons (Fsp3) is 0.214. The summed E-state index contributed by atoms with van der Waals surface area (Å²) in [5.41, 5.74) is 0.122. The molecule has 0 amide bonds. The van der Waals surface area contributed by atoms with Gasteiger partial charge in [0.15, 0.2) is 5.15 Å². The summed E-state index contributed by atoms with van der Waals surface area (Å²) in [6.45, 7) is 0.188. The number of nitrogens with zero attached hydrogens (tertiary/aromatic N) is 2. The minimum absolute atomic E-state index is 0.0449. The van der Waals surface area contributed by atoms with Gasteiger partial charge in [-0.3, -0.25) is 4.79 Å². The topological polar surface area (TPSA) is 70.4 Å². The first-order chi connectivity index (χ1) is 10.0.